The van der Waals surface area contributed by atoms with Crippen LogP contribution in [0.4, 0.5) is 22.7 Å². The molecule has 6 nitrogen and oxygen atoms in total. The van der Waals surface area contributed by atoms with Crippen LogP contribution < -0.4 is 16.0 Å². The number of nitrogens with one attached hydrogen (secondary N) is 3. The molecule has 1 heterocycles. The van der Waals surface area contributed by atoms with Gasteiger partial charge in [0, 0.05) is 47.7 Å². The van der Waals surface area contributed by atoms with Gasteiger partial charge in [0.25, 0.3) is 5.91 Å². The van der Waals surface area contributed by atoms with E-state index in [0.717, 1.165) is 35.7 Å². The minimum Gasteiger partial charge on any atom is -0.384 e. The van der Waals surface area contributed by atoms with Crippen LogP contribution in [-0.2, 0) is 6.42 Å². The van der Waals surface area contributed by atoms with Gasteiger partial charge in [0.15, 0.2) is 5.78 Å². The SMILES string of the molecule is O=C(Nc1ccc(Nc2ccccc2)c2c1C(=O)CC2)c1ccc(NCCN2CCCCCC2)cc1. The summed E-state index contributed by atoms with van der Waals surface area (Å²) < 4.78 is 0. The van der Waals surface area contributed by atoms with Crippen LogP contribution >= 0.6 is 0 Å². The number of benzene rings is 3. The molecule has 2 aliphatic rings. The molecule has 0 aromatic heterocycles. The normalized spacial score (nSPS) is 15.7. The molecule has 0 radical (unpaired) electrons. The number of para-hydroxylation sites is 1. The number of carbonyl (C=O) groups is 2. The number of amides is 1. The maximum absolute atomic E-state index is 13.0. The summed E-state index contributed by atoms with van der Waals surface area (Å²) in [6.07, 6.45) is 6.42. The second-order valence-electron chi connectivity index (χ2n) is 9.64. The third-order valence-electron chi connectivity index (χ3n) is 7.10. The quantitative estimate of drug-likeness (QED) is 0.362. The second kappa shape index (κ2) is 11.4. The molecule has 36 heavy (non-hydrogen) atoms. The predicted molar refractivity (Wildman–Crippen MR) is 147 cm³/mol. The van der Waals surface area contributed by atoms with Gasteiger partial charge in [0.05, 0.1) is 5.69 Å². The highest BCUT2D eigenvalue weighted by atomic mass is 16.2. The van der Waals surface area contributed by atoms with Crippen molar-refractivity contribution in [1.29, 1.82) is 0 Å². The summed E-state index contributed by atoms with van der Waals surface area (Å²) >= 11 is 0. The van der Waals surface area contributed by atoms with E-state index < -0.39 is 0 Å². The lowest BCUT2D eigenvalue weighted by Gasteiger charge is -2.20. The Bertz CT molecular complexity index is 1200. The largest absolute Gasteiger partial charge is 0.384 e. The van der Waals surface area contributed by atoms with Crippen LogP contribution in [0.25, 0.3) is 0 Å². The number of rotatable bonds is 8. The Hall–Kier alpha value is -3.64. The highest BCUT2D eigenvalue weighted by Gasteiger charge is 2.27. The van der Waals surface area contributed by atoms with Gasteiger partial charge in [0.1, 0.15) is 0 Å². The number of Topliss-reactive ketones (excluding diaryl/α,β-unsaturated/α-hetero) is 1. The summed E-state index contributed by atoms with van der Waals surface area (Å²) in [5.74, 6) is -0.141. The lowest BCUT2D eigenvalue weighted by atomic mass is 10.0. The number of anilines is 4. The Balaban J connectivity index is 1.21. The number of likely N-dealkylation sites (tertiary alicyclic amines) is 1. The van der Waals surface area contributed by atoms with Crippen molar-refractivity contribution in [3.8, 4) is 0 Å². The highest BCUT2D eigenvalue weighted by Crippen LogP contribution is 2.36. The third kappa shape index (κ3) is 5.77. The number of hydrogen-bond donors (Lipinski definition) is 3. The molecule has 0 atom stereocenters. The Kier molecular flexibility index (Phi) is 7.62. The zero-order valence-electron chi connectivity index (χ0n) is 20.7. The van der Waals surface area contributed by atoms with Gasteiger partial charge < -0.3 is 20.9 Å². The fraction of sp³-hybridized carbons (Fsp3) is 0.333. The number of nitrogens with zero attached hydrogens (tertiary/aromatic N) is 1. The van der Waals surface area contributed by atoms with Gasteiger partial charge in [0.2, 0.25) is 0 Å². The molecule has 1 fully saturated rings. The first-order valence-electron chi connectivity index (χ1n) is 13.1. The fourth-order valence-corrected chi connectivity index (χ4v) is 5.14. The topological polar surface area (TPSA) is 73.5 Å². The molecule has 186 valence electrons. The molecule has 0 spiro atoms. The van der Waals surface area contributed by atoms with Gasteiger partial charge in [-0.1, -0.05) is 31.0 Å². The lowest BCUT2D eigenvalue weighted by Crippen LogP contribution is -2.29. The van der Waals surface area contributed by atoms with E-state index in [-0.39, 0.29) is 11.7 Å². The molecule has 1 saturated heterocycles. The Morgan fingerprint density at radius 1 is 0.778 bits per heavy atom. The standard InChI is InChI=1S/C30H34N4O2/c35-28-17-14-25-26(32-24-8-4-3-5-9-24)15-16-27(29(25)28)33-30(36)22-10-12-23(13-11-22)31-18-21-34-19-6-1-2-7-20-34/h3-5,8-13,15-16,31-32H,1-2,6-7,14,17-21H2,(H,33,36). The summed E-state index contributed by atoms with van der Waals surface area (Å²) in [6, 6.07) is 21.2. The van der Waals surface area contributed by atoms with E-state index >= 15 is 0 Å². The lowest BCUT2D eigenvalue weighted by molar-refractivity contribution is 0.0995. The maximum Gasteiger partial charge on any atom is 0.255 e. The monoisotopic (exact) mass is 482 g/mol. The fourth-order valence-electron chi connectivity index (χ4n) is 5.14. The van der Waals surface area contributed by atoms with Crippen molar-refractivity contribution >= 4 is 34.4 Å². The zero-order valence-corrected chi connectivity index (χ0v) is 20.7. The Morgan fingerprint density at radius 3 is 2.25 bits per heavy atom. The maximum atomic E-state index is 13.0. The minimum absolute atomic E-state index is 0.0703. The molecule has 5 rings (SSSR count). The summed E-state index contributed by atoms with van der Waals surface area (Å²) in [6.45, 7) is 4.31. The molecule has 0 saturated carbocycles. The van der Waals surface area contributed by atoms with Crippen LogP contribution in [0.2, 0.25) is 0 Å². The van der Waals surface area contributed by atoms with Crippen molar-refractivity contribution in [1.82, 2.24) is 4.90 Å². The molecule has 0 bridgehead atoms. The van der Waals surface area contributed by atoms with Gasteiger partial charge in [-0.05, 0) is 86.4 Å². The van der Waals surface area contributed by atoms with Crippen LogP contribution in [0.1, 0.15) is 58.4 Å². The van der Waals surface area contributed by atoms with Crippen LogP contribution in [0.5, 0.6) is 0 Å². The molecule has 1 aliphatic carbocycles. The van der Waals surface area contributed by atoms with Crippen molar-refractivity contribution in [3.05, 3.63) is 83.4 Å². The minimum atomic E-state index is -0.211. The summed E-state index contributed by atoms with van der Waals surface area (Å²) in [5, 5.41) is 9.86. The molecule has 0 unspecified atom stereocenters. The Morgan fingerprint density at radius 2 is 1.50 bits per heavy atom. The van der Waals surface area contributed by atoms with E-state index in [2.05, 4.69) is 20.9 Å². The molecule has 3 N–H and O–H groups in total. The molecule has 6 heteroatoms. The number of ketones is 1. The summed E-state index contributed by atoms with van der Waals surface area (Å²) in [4.78, 5) is 28.2. The van der Waals surface area contributed by atoms with Crippen LogP contribution in [0.15, 0.2) is 66.7 Å². The van der Waals surface area contributed by atoms with Crippen LogP contribution in [0.3, 0.4) is 0 Å². The smallest absolute Gasteiger partial charge is 0.255 e. The average Bonchev–Trinajstić information content (AvgIpc) is 3.11. The second-order valence-corrected chi connectivity index (χ2v) is 9.64. The van der Waals surface area contributed by atoms with Crippen molar-refractivity contribution < 1.29 is 9.59 Å². The predicted octanol–water partition coefficient (Wildman–Crippen LogP) is 6.10. The molecular weight excluding hydrogens is 448 g/mol. The van der Waals surface area contributed by atoms with Gasteiger partial charge in [-0.25, -0.2) is 0 Å². The molecular formula is C30H34N4O2. The van der Waals surface area contributed by atoms with Crippen molar-refractivity contribution in [2.75, 3.05) is 42.1 Å². The van der Waals surface area contributed by atoms with E-state index in [4.69, 9.17) is 0 Å². The number of carbonyl (C=O) groups excluding carboxylic acids is 2. The summed E-state index contributed by atoms with van der Waals surface area (Å²) in [7, 11) is 0. The Labute approximate surface area is 213 Å². The van der Waals surface area contributed by atoms with Crippen LogP contribution in [0, 0.1) is 0 Å². The number of hydrogen-bond acceptors (Lipinski definition) is 5. The first-order chi connectivity index (χ1) is 17.7. The van der Waals surface area contributed by atoms with Gasteiger partial charge in [-0.3, -0.25) is 9.59 Å². The summed E-state index contributed by atoms with van der Waals surface area (Å²) in [5.41, 5.74) is 5.62. The van der Waals surface area contributed by atoms with Crippen LogP contribution in [-0.4, -0.2) is 42.8 Å². The molecule has 3 aromatic rings. The van der Waals surface area contributed by atoms with E-state index in [1.165, 1.54) is 38.8 Å². The van der Waals surface area contributed by atoms with Gasteiger partial charge >= 0.3 is 0 Å². The van der Waals surface area contributed by atoms with Crippen molar-refractivity contribution in [3.63, 3.8) is 0 Å². The van der Waals surface area contributed by atoms with E-state index in [0.29, 0.717) is 29.7 Å². The highest BCUT2D eigenvalue weighted by molar-refractivity contribution is 6.12. The van der Waals surface area contributed by atoms with Crippen molar-refractivity contribution in [2.24, 2.45) is 0 Å². The first kappa shape index (κ1) is 24.1. The third-order valence-corrected chi connectivity index (χ3v) is 7.10. The average molecular weight is 483 g/mol. The molecule has 1 aliphatic heterocycles. The van der Waals surface area contributed by atoms with E-state index in [1.54, 1.807) is 0 Å². The van der Waals surface area contributed by atoms with E-state index in [1.807, 2.05) is 66.7 Å². The molecule has 1 amide bonds. The van der Waals surface area contributed by atoms with Gasteiger partial charge in [-0.15, -0.1) is 0 Å². The first-order valence-corrected chi connectivity index (χ1v) is 13.1. The molecule has 3 aromatic carbocycles. The van der Waals surface area contributed by atoms with Crippen molar-refractivity contribution in [2.45, 2.75) is 38.5 Å². The van der Waals surface area contributed by atoms with Gasteiger partial charge in [-0.2, -0.15) is 0 Å². The number of fused-ring (bicyclic) bond motifs is 1. The van der Waals surface area contributed by atoms with E-state index in [9.17, 15) is 9.59 Å². The zero-order chi connectivity index (χ0) is 24.7.